The van der Waals surface area contributed by atoms with E-state index in [4.69, 9.17) is 10.5 Å². The van der Waals surface area contributed by atoms with E-state index < -0.39 is 0 Å². The summed E-state index contributed by atoms with van der Waals surface area (Å²) in [5, 5.41) is 0. The molecular formula is C14H19BrN2O2. The Morgan fingerprint density at radius 2 is 2.16 bits per heavy atom. The van der Waals surface area contributed by atoms with Crippen molar-refractivity contribution in [3.8, 4) is 5.75 Å². The molecule has 0 saturated carbocycles. The zero-order valence-corrected chi connectivity index (χ0v) is 12.6. The molecular weight excluding hydrogens is 308 g/mol. The minimum absolute atomic E-state index is 0.0463. The Balaban J connectivity index is 1.97. The molecule has 0 bridgehead atoms. The Hall–Kier alpha value is -1.07. The van der Waals surface area contributed by atoms with Crippen LogP contribution in [0.1, 0.15) is 18.4 Å². The smallest absolute Gasteiger partial charge is 0.220 e. The van der Waals surface area contributed by atoms with Crippen molar-refractivity contribution in [1.82, 2.24) is 4.90 Å². The molecule has 0 atom stereocenters. The first-order valence-corrected chi connectivity index (χ1v) is 7.23. The van der Waals surface area contributed by atoms with Crippen molar-refractivity contribution >= 4 is 21.8 Å². The van der Waals surface area contributed by atoms with Crippen molar-refractivity contribution in [2.24, 2.45) is 11.7 Å². The van der Waals surface area contributed by atoms with Crippen LogP contribution in [0.2, 0.25) is 0 Å². The highest BCUT2D eigenvalue weighted by atomic mass is 79.9. The summed E-state index contributed by atoms with van der Waals surface area (Å²) in [6, 6.07) is 5.99. The van der Waals surface area contributed by atoms with Gasteiger partial charge < -0.3 is 10.5 Å². The summed E-state index contributed by atoms with van der Waals surface area (Å²) in [7, 11) is 1.67. The van der Waals surface area contributed by atoms with Gasteiger partial charge in [-0.2, -0.15) is 0 Å². The summed E-state index contributed by atoms with van der Waals surface area (Å²) >= 11 is 3.57. The first-order valence-electron chi connectivity index (χ1n) is 6.44. The van der Waals surface area contributed by atoms with E-state index in [1.807, 2.05) is 18.2 Å². The summed E-state index contributed by atoms with van der Waals surface area (Å²) in [6.07, 6.45) is 1.72. The third kappa shape index (κ3) is 3.70. The van der Waals surface area contributed by atoms with E-state index in [2.05, 4.69) is 20.8 Å². The lowest BCUT2D eigenvalue weighted by Gasteiger charge is -2.30. The fourth-order valence-corrected chi connectivity index (χ4v) is 2.79. The Morgan fingerprint density at radius 3 is 2.74 bits per heavy atom. The van der Waals surface area contributed by atoms with Crippen LogP contribution in [-0.4, -0.2) is 31.0 Å². The standard InChI is InChI=1S/C14H19BrN2O2/c1-19-12-2-3-13(15)11(8-12)9-17-6-4-10(5-7-17)14(16)18/h2-3,8,10H,4-7,9H2,1H3,(H2,16,18). The van der Waals surface area contributed by atoms with Crippen LogP contribution in [0.5, 0.6) is 5.75 Å². The largest absolute Gasteiger partial charge is 0.497 e. The molecule has 1 fully saturated rings. The molecule has 4 nitrogen and oxygen atoms in total. The number of benzene rings is 1. The third-order valence-electron chi connectivity index (χ3n) is 3.64. The number of carbonyl (C=O) groups is 1. The van der Waals surface area contributed by atoms with Crippen molar-refractivity contribution in [1.29, 1.82) is 0 Å². The Kier molecular flexibility index (Phi) is 4.82. The Labute approximate surface area is 122 Å². The molecule has 0 spiro atoms. The topological polar surface area (TPSA) is 55.6 Å². The monoisotopic (exact) mass is 326 g/mol. The zero-order chi connectivity index (χ0) is 13.8. The number of amides is 1. The average Bonchev–Trinajstić information content (AvgIpc) is 2.42. The van der Waals surface area contributed by atoms with Crippen LogP contribution in [-0.2, 0) is 11.3 Å². The number of methoxy groups -OCH3 is 1. The van der Waals surface area contributed by atoms with Crippen LogP contribution in [0.4, 0.5) is 0 Å². The van der Waals surface area contributed by atoms with Gasteiger partial charge in [0.15, 0.2) is 0 Å². The van der Waals surface area contributed by atoms with Crippen LogP contribution in [0.25, 0.3) is 0 Å². The van der Waals surface area contributed by atoms with E-state index >= 15 is 0 Å². The van der Waals surface area contributed by atoms with E-state index in [1.54, 1.807) is 7.11 Å². The van der Waals surface area contributed by atoms with Gasteiger partial charge in [-0.05, 0) is 49.7 Å². The van der Waals surface area contributed by atoms with Gasteiger partial charge in [0.2, 0.25) is 5.91 Å². The highest BCUT2D eigenvalue weighted by Crippen LogP contribution is 2.25. The van der Waals surface area contributed by atoms with Gasteiger partial charge in [0.25, 0.3) is 0 Å². The van der Waals surface area contributed by atoms with Crippen LogP contribution < -0.4 is 10.5 Å². The Morgan fingerprint density at radius 1 is 1.47 bits per heavy atom. The number of carbonyl (C=O) groups excluding carboxylic acids is 1. The maximum atomic E-state index is 11.1. The molecule has 1 aliphatic heterocycles. The molecule has 5 heteroatoms. The fraction of sp³-hybridized carbons (Fsp3) is 0.500. The van der Waals surface area contributed by atoms with Crippen LogP contribution >= 0.6 is 15.9 Å². The minimum atomic E-state index is -0.165. The first kappa shape index (κ1) is 14.3. The van der Waals surface area contributed by atoms with E-state index in [-0.39, 0.29) is 11.8 Å². The molecule has 0 unspecified atom stereocenters. The second kappa shape index (κ2) is 6.39. The van der Waals surface area contributed by atoms with E-state index in [9.17, 15) is 4.79 Å². The van der Waals surface area contributed by atoms with Gasteiger partial charge in [-0.15, -0.1) is 0 Å². The number of halogens is 1. The quantitative estimate of drug-likeness (QED) is 0.922. The molecule has 0 aliphatic carbocycles. The van der Waals surface area contributed by atoms with Crippen molar-refractivity contribution < 1.29 is 9.53 Å². The molecule has 1 aliphatic rings. The van der Waals surface area contributed by atoms with Gasteiger partial charge in [-0.3, -0.25) is 9.69 Å². The number of nitrogens with two attached hydrogens (primary N) is 1. The predicted octanol–water partition coefficient (Wildman–Crippen LogP) is 2.16. The molecule has 19 heavy (non-hydrogen) atoms. The Bertz CT molecular complexity index is 457. The minimum Gasteiger partial charge on any atom is -0.497 e. The zero-order valence-electron chi connectivity index (χ0n) is 11.1. The van der Waals surface area contributed by atoms with Crippen molar-refractivity contribution in [3.05, 3.63) is 28.2 Å². The number of piperidine rings is 1. The lowest BCUT2D eigenvalue weighted by Crippen LogP contribution is -2.38. The normalized spacial score (nSPS) is 17.4. The van der Waals surface area contributed by atoms with Gasteiger partial charge in [-0.1, -0.05) is 15.9 Å². The highest BCUT2D eigenvalue weighted by Gasteiger charge is 2.23. The van der Waals surface area contributed by atoms with Gasteiger partial charge >= 0.3 is 0 Å². The summed E-state index contributed by atoms with van der Waals surface area (Å²) in [5.41, 5.74) is 6.55. The van der Waals surface area contributed by atoms with Crippen molar-refractivity contribution in [2.45, 2.75) is 19.4 Å². The molecule has 0 radical (unpaired) electrons. The molecule has 1 amide bonds. The van der Waals surface area contributed by atoms with E-state index in [0.717, 1.165) is 42.7 Å². The second-order valence-corrected chi connectivity index (χ2v) is 5.76. The van der Waals surface area contributed by atoms with Gasteiger partial charge in [0.05, 0.1) is 7.11 Å². The predicted molar refractivity (Wildman–Crippen MR) is 77.9 cm³/mol. The highest BCUT2D eigenvalue weighted by molar-refractivity contribution is 9.10. The maximum Gasteiger partial charge on any atom is 0.220 e. The van der Waals surface area contributed by atoms with Crippen molar-refractivity contribution in [3.63, 3.8) is 0 Å². The van der Waals surface area contributed by atoms with Gasteiger partial charge in [0.1, 0.15) is 5.75 Å². The maximum absolute atomic E-state index is 11.1. The number of rotatable bonds is 4. The van der Waals surface area contributed by atoms with Gasteiger partial charge in [0, 0.05) is 16.9 Å². The molecule has 1 aromatic carbocycles. The summed E-state index contributed by atoms with van der Waals surface area (Å²) < 4.78 is 6.34. The molecule has 104 valence electrons. The van der Waals surface area contributed by atoms with E-state index in [1.165, 1.54) is 5.56 Å². The van der Waals surface area contributed by atoms with Crippen LogP contribution in [0.15, 0.2) is 22.7 Å². The summed E-state index contributed by atoms with van der Waals surface area (Å²) in [5.74, 6) is 0.748. The van der Waals surface area contributed by atoms with Gasteiger partial charge in [-0.25, -0.2) is 0 Å². The summed E-state index contributed by atoms with van der Waals surface area (Å²) in [4.78, 5) is 13.5. The molecule has 1 aromatic rings. The lowest BCUT2D eigenvalue weighted by atomic mass is 9.96. The summed E-state index contributed by atoms with van der Waals surface area (Å²) in [6.45, 7) is 2.69. The third-order valence-corrected chi connectivity index (χ3v) is 4.41. The first-order chi connectivity index (χ1) is 9.10. The van der Waals surface area contributed by atoms with Crippen molar-refractivity contribution in [2.75, 3.05) is 20.2 Å². The number of hydrogen-bond acceptors (Lipinski definition) is 3. The number of likely N-dealkylation sites (tertiary alicyclic amines) is 1. The SMILES string of the molecule is COc1ccc(Br)c(CN2CCC(C(N)=O)CC2)c1. The average molecular weight is 327 g/mol. The second-order valence-electron chi connectivity index (χ2n) is 4.91. The number of nitrogens with zero attached hydrogens (tertiary/aromatic N) is 1. The number of ether oxygens (including phenoxy) is 1. The van der Waals surface area contributed by atoms with Crippen LogP contribution in [0.3, 0.4) is 0 Å². The fourth-order valence-electron chi connectivity index (χ4n) is 2.42. The molecule has 0 aromatic heterocycles. The van der Waals surface area contributed by atoms with Crippen LogP contribution in [0, 0.1) is 5.92 Å². The number of primary amides is 1. The molecule has 1 saturated heterocycles. The molecule has 2 rings (SSSR count). The molecule has 1 heterocycles. The lowest BCUT2D eigenvalue weighted by molar-refractivity contribution is -0.123. The molecule has 2 N–H and O–H groups in total. The number of hydrogen-bond donors (Lipinski definition) is 1. The van der Waals surface area contributed by atoms with E-state index in [0.29, 0.717) is 0 Å².